The van der Waals surface area contributed by atoms with Crippen LogP contribution in [0.4, 0.5) is 4.79 Å². The minimum atomic E-state index is -0.305. The van der Waals surface area contributed by atoms with Crippen molar-refractivity contribution < 1.29 is 9.53 Å². The fourth-order valence-corrected chi connectivity index (χ4v) is 3.22. The van der Waals surface area contributed by atoms with E-state index in [1.807, 2.05) is 32.9 Å². The number of hydrogen-bond donors (Lipinski definition) is 1. The Labute approximate surface area is 137 Å². The summed E-state index contributed by atoms with van der Waals surface area (Å²) < 4.78 is 5.66. The highest BCUT2D eigenvalue weighted by Gasteiger charge is 2.25. The van der Waals surface area contributed by atoms with Crippen molar-refractivity contribution in [2.45, 2.75) is 39.5 Å². The number of rotatable bonds is 4. The molecule has 122 valence electrons. The maximum Gasteiger partial charge on any atom is 0.415 e. The highest BCUT2D eigenvalue weighted by molar-refractivity contribution is 6.32. The van der Waals surface area contributed by atoms with Crippen molar-refractivity contribution in [1.82, 2.24) is 10.2 Å². The summed E-state index contributed by atoms with van der Waals surface area (Å²) >= 11 is 6.54. The van der Waals surface area contributed by atoms with E-state index in [9.17, 15) is 4.79 Å². The molecule has 1 aromatic rings. The van der Waals surface area contributed by atoms with E-state index >= 15 is 0 Å². The monoisotopic (exact) mass is 324 g/mol. The predicted octanol–water partition coefficient (Wildman–Crippen LogP) is 3.96. The summed E-state index contributed by atoms with van der Waals surface area (Å²) in [4.78, 5) is 13.9. The number of hydrogen-bond acceptors (Lipinski definition) is 3. The van der Waals surface area contributed by atoms with Gasteiger partial charge in [-0.3, -0.25) is 0 Å². The molecule has 1 saturated heterocycles. The molecule has 0 unspecified atom stereocenters. The number of amides is 1. The summed E-state index contributed by atoms with van der Waals surface area (Å²) in [6.07, 6.45) is 1.72. The third kappa shape index (κ3) is 3.73. The molecule has 1 aliphatic heterocycles. The molecular weight excluding hydrogens is 300 g/mol. The lowest BCUT2D eigenvalue weighted by molar-refractivity contribution is 0.156. The van der Waals surface area contributed by atoms with E-state index in [-0.39, 0.29) is 6.09 Å². The van der Waals surface area contributed by atoms with E-state index in [0.717, 1.165) is 42.1 Å². The van der Waals surface area contributed by atoms with E-state index in [1.54, 1.807) is 4.90 Å². The SMILES string of the molecule is CCN(CC)C(=O)Oc1ccc(C)c(Cl)c1C1CCNCC1. The zero-order valence-corrected chi connectivity index (χ0v) is 14.4. The number of nitrogens with one attached hydrogen (secondary N) is 1. The first-order valence-corrected chi connectivity index (χ1v) is 8.42. The molecule has 1 aromatic carbocycles. The van der Waals surface area contributed by atoms with Crippen LogP contribution in [0.5, 0.6) is 5.75 Å². The summed E-state index contributed by atoms with van der Waals surface area (Å²) in [6.45, 7) is 9.09. The van der Waals surface area contributed by atoms with Crippen molar-refractivity contribution in [1.29, 1.82) is 0 Å². The second-order valence-corrected chi connectivity index (χ2v) is 6.05. The van der Waals surface area contributed by atoms with Crippen LogP contribution < -0.4 is 10.1 Å². The lowest BCUT2D eigenvalue weighted by Gasteiger charge is -2.27. The maximum absolute atomic E-state index is 12.3. The van der Waals surface area contributed by atoms with Crippen LogP contribution in [0.1, 0.15) is 43.7 Å². The van der Waals surface area contributed by atoms with Crippen molar-refractivity contribution in [3.63, 3.8) is 0 Å². The van der Waals surface area contributed by atoms with Crippen molar-refractivity contribution >= 4 is 17.7 Å². The molecule has 0 aromatic heterocycles. The standard InChI is InChI=1S/C17H25ClN2O2/c1-4-20(5-2)17(21)22-14-7-6-12(3)16(18)15(14)13-8-10-19-11-9-13/h6-7,13,19H,4-5,8-11H2,1-3H3. The Morgan fingerprint density at radius 2 is 1.95 bits per heavy atom. The van der Waals surface area contributed by atoms with Crippen molar-refractivity contribution in [2.24, 2.45) is 0 Å². The predicted molar refractivity (Wildman–Crippen MR) is 90.0 cm³/mol. The molecule has 22 heavy (non-hydrogen) atoms. The molecular formula is C17H25ClN2O2. The van der Waals surface area contributed by atoms with Crippen LogP contribution in [0.3, 0.4) is 0 Å². The van der Waals surface area contributed by atoms with Gasteiger partial charge < -0.3 is 15.0 Å². The van der Waals surface area contributed by atoms with Crippen molar-refractivity contribution in [3.8, 4) is 5.75 Å². The molecule has 2 rings (SSSR count). The van der Waals surface area contributed by atoms with Crippen molar-refractivity contribution in [2.75, 3.05) is 26.2 Å². The normalized spacial score (nSPS) is 15.6. The van der Waals surface area contributed by atoms with Crippen LogP contribution in [0.25, 0.3) is 0 Å². The van der Waals surface area contributed by atoms with Crippen LogP contribution in [0.15, 0.2) is 12.1 Å². The molecule has 1 amide bonds. The summed E-state index contributed by atoms with van der Waals surface area (Å²) in [5.41, 5.74) is 2.02. The van der Waals surface area contributed by atoms with Gasteiger partial charge in [-0.1, -0.05) is 17.7 Å². The third-order valence-electron chi connectivity index (χ3n) is 4.30. The molecule has 0 radical (unpaired) electrons. The number of carbonyl (C=O) groups excluding carboxylic acids is 1. The fraction of sp³-hybridized carbons (Fsp3) is 0.588. The van der Waals surface area contributed by atoms with Crippen LogP contribution in [0, 0.1) is 6.92 Å². The largest absolute Gasteiger partial charge is 0.415 e. The summed E-state index contributed by atoms with van der Waals surface area (Å²) in [6, 6.07) is 3.79. The van der Waals surface area contributed by atoms with E-state index in [4.69, 9.17) is 16.3 Å². The number of benzene rings is 1. The van der Waals surface area contributed by atoms with Crippen LogP contribution in [-0.2, 0) is 0 Å². The second kappa shape index (κ2) is 7.84. The number of carbonyl (C=O) groups is 1. The Balaban J connectivity index is 2.30. The average Bonchev–Trinajstić information content (AvgIpc) is 2.53. The van der Waals surface area contributed by atoms with Crippen molar-refractivity contribution in [3.05, 3.63) is 28.3 Å². The van der Waals surface area contributed by atoms with E-state index < -0.39 is 0 Å². The topological polar surface area (TPSA) is 41.6 Å². The summed E-state index contributed by atoms with van der Waals surface area (Å²) in [5.74, 6) is 0.951. The van der Waals surface area contributed by atoms with E-state index in [1.165, 1.54) is 0 Å². The van der Waals surface area contributed by atoms with Gasteiger partial charge in [0.15, 0.2) is 0 Å². The van der Waals surface area contributed by atoms with E-state index in [0.29, 0.717) is 24.8 Å². The molecule has 0 bridgehead atoms. The molecule has 1 N–H and O–H groups in total. The van der Waals surface area contributed by atoms with Crippen LogP contribution in [0.2, 0.25) is 5.02 Å². The maximum atomic E-state index is 12.3. The Kier molecular flexibility index (Phi) is 6.09. The van der Waals surface area contributed by atoms with Gasteiger partial charge in [-0.2, -0.15) is 0 Å². The van der Waals surface area contributed by atoms with Crippen LogP contribution in [-0.4, -0.2) is 37.2 Å². The first kappa shape index (κ1) is 17.1. The second-order valence-electron chi connectivity index (χ2n) is 5.67. The molecule has 0 aliphatic carbocycles. The number of piperidine rings is 1. The smallest absolute Gasteiger partial charge is 0.410 e. The van der Waals surface area contributed by atoms with Gasteiger partial charge in [0.05, 0.1) is 5.02 Å². The Morgan fingerprint density at radius 3 is 2.55 bits per heavy atom. The highest BCUT2D eigenvalue weighted by Crippen LogP contribution is 2.39. The van der Waals surface area contributed by atoms with Crippen LogP contribution >= 0.6 is 11.6 Å². The first-order valence-electron chi connectivity index (χ1n) is 8.04. The van der Waals surface area contributed by atoms with Gasteiger partial charge in [-0.25, -0.2) is 4.79 Å². The number of ether oxygens (including phenoxy) is 1. The van der Waals surface area contributed by atoms with Gasteiger partial charge in [0.25, 0.3) is 0 Å². The number of aryl methyl sites for hydroxylation is 1. The minimum absolute atomic E-state index is 0.305. The first-order chi connectivity index (χ1) is 10.6. The van der Waals surface area contributed by atoms with Gasteiger partial charge in [0.2, 0.25) is 0 Å². The zero-order chi connectivity index (χ0) is 16.1. The van der Waals surface area contributed by atoms with Gasteiger partial charge in [-0.05, 0) is 64.3 Å². The Bertz CT molecular complexity index is 524. The van der Waals surface area contributed by atoms with Gasteiger partial charge >= 0.3 is 6.09 Å². The molecule has 0 saturated carbocycles. The molecule has 0 spiro atoms. The zero-order valence-electron chi connectivity index (χ0n) is 13.6. The molecule has 0 atom stereocenters. The third-order valence-corrected chi connectivity index (χ3v) is 4.80. The van der Waals surface area contributed by atoms with E-state index in [2.05, 4.69) is 5.32 Å². The molecule has 5 heteroatoms. The molecule has 1 aliphatic rings. The Hall–Kier alpha value is -1.26. The van der Waals surface area contributed by atoms with Gasteiger partial charge in [-0.15, -0.1) is 0 Å². The lowest BCUT2D eigenvalue weighted by Crippen LogP contribution is -2.33. The van der Waals surface area contributed by atoms with Gasteiger partial charge in [0.1, 0.15) is 5.75 Å². The fourth-order valence-electron chi connectivity index (χ4n) is 2.90. The lowest BCUT2D eigenvalue weighted by atomic mass is 9.88. The minimum Gasteiger partial charge on any atom is -0.410 e. The Morgan fingerprint density at radius 1 is 1.32 bits per heavy atom. The van der Waals surface area contributed by atoms with Gasteiger partial charge in [0, 0.05) is 18.7 Å². The quantitative estimate of drug-likeness (QED) is 0.911. The highest BCUT2D eigenvalue weighted by atomic mass is 35.5. The molecule has 1 heterocycles. The number of halogens is 1. The molecule has 4 nitrogen and oxygen atoms in total. The average molecular weight is 325 g/mol. The summed E-state index contributed by atoms with van der Waals surface area (Å²) in [7, 11) is 0. The molecule has 1 fully saturated rings. The summed E-state index contributed by atoms with van der Waals surface area (Å²) in [5, 5.41) is 4.09. The number of nitrogens with zero attached hydrogens (tertiary/aromatic N) is 1.